The second kappa shape index (κ2) is 4.35. The zero-order chi connectivity index (χ0) is 11.5. The van der Waals surface area contributed by atoms with Crippen LogP contribution in [0.1, 0.15) is 15.9 Å². The Bertz CT molecular complexity index is 429. The Morgan fingerprint density at radius 2 is 2.25 bits per heavy atom. The van der Waals surface area contributed by atoms with E-state index in [1.54, 1.807) is 0 Å². The highest BCUT2D eigenvalue weighted by Crippen LogP contribution is 2.20. The third kappa shape index (κ3) is 2.05. The van der Waals surface area contributed by atoms with Crippen molar-refractivity contribution in [2.45, 2.75) is 6.92 Å². The quantitative estimate of drug-likeness (QED) is 0.745. The fourth-order valence-electron chi connectivity index (χ4n) is 1.90. The Morgan fingerprint density at radius 1 is 1.44 bits per heavy atom. The van der Waals surface area contributed by atoms with Gasteiger partial charge >= 0.3 is 0 Å². The van der Waals surface area contributed by atoms with E-state index in [2.05, 4.69) is 5.32 Å². The Labute approximate surface area is 94.2 Å². The summed E-state index contributed by atoms with van der Waals surface area (Å²) in [6.07, 6.45) is 0.842. The maximum Gasteiger partial charge on any atom is 0.239 e. The molecule has 0 aliphatic carbocycles. The second-order valence-electron chi connectivity index (χ2n) is 3.95. The van der Waals surface area contributed by atoms with Crippen molar-refractivity contribution in [2.75, 3.05) is 24.5 Å². The third-order valence-electron chi connectivity index (χ3n) is 2.69. The van der Waals surface area contributed by atoms with Crippen molar-refractivity contribution in [2.24, 2.45) is 0 Å². The van der Waals surface area contributed by atoms with Crippen LogP contribution in [0.2, 0.25) is 0 Å². The van der Waals surface area contributed by atoms with Gasteiger partial charge in [0.1, 0.15) is 0 Å². The number of piperazine rings is 1. The average molecular weight is 218 g/mol. The molecule has 1 saturated heterocycles. The van der Waals surface area contributed by atoms with E-state index in [-0.39, 0.29) is 5.91 Å². The molecule has 1 heterocycles. The number of nitrogens with zero attached hydrogens (tertiary/aromatic N) is 1. The zero-order valence-corrected chi connectivity index (χ0v) is 9.19. The number of amides is 1. The first kappa shape index (κ1) is 10.7. The molecular weight excluding hydrogens is 204 g/mol. The summed E-state index contributed by atoms with van der Waals surface area (Å²) >= 11 is 0. The van der Waals surface area contributed by atoms with Crippen molar-refractivity contribution in [3.05, 3.63) is 29.3 Å². The van der Waals surface area contributed by atoms with Gasteiger partial charge < -0.3 is 10.2 Å². The summed E-state index contributed by atoms with van der Waals surface area (Å²) in [5, 5.41) is 2.76. The number of nitrogens with one attached hydrogen (secondary N) is 1. The topological polar surface area (TPSA) is 49.4 Å². The summed E-state index contributed by atoms with van der Waals surface area (Å²) in [4.78, 5) is 24.2. The standard InChI is InChI=1S/C12H14N2O2/c1-9-2-3-11(10(6-9)8-15)14-5-4-13-12(16)7-14/h2-3,6,8H,4-5,7H2,1H3,(H,13,16). The minimum atomic E-state index is 0.00340. The second-order valence-corrected chi connectivity index (χ2v) is 3.95. The maximum atomic E-state index is 11.3. The lowest BCUT2D eigenvalue weighted by Crippen LogP contribution is -2.48. The van der Waals surface area contributed by atoms with Crippen molar-refractivity contribution in [3.8, 4) is 0 Å². The molecule has 0 bridgehead atoms. The summed E-state index contributed by atoms with van der Waals surface area (Å²) in [6, 6.07) is 5.70. The lowest BCUT2D eigenvalue weighted by Gasteiger charge is -2.29. The van der Waals surface area contributed by atoms with E-state index in [1.807, 2.05) is 30.0 Å². The van der Waals surface area contributed by atoms with Crippen molar-refractivity contribution in [1.82, 2.24) is 5.32 Å². The summed E-state index contributed by atoms with van der Waals surface area (Å²) in [5.41, 5.74) is 2.54. The van der Waals surface area contributed by atoms with Gasteiger partial charge in [0.15, 0.2) is 6.29 Å². The monoisotopic (exact) mass is 218 g/mol. The van der Waals surface area contributed by atoms with Crippen LogP contribution >= 0.6 is 0 Å². The van der Waals surface area contributed by atoms with Crippen molar-refractivity contribution >= 4 is 17.9 Å². The highest BCUT2D eigenvalue weighted by Gasteiger charge is 2.18. The summed E-state index contributed by atoms with van der Waals surface area (Å²) < 4.78 is 0. The van der Waals surface area contributed by atoms with E-state index in [1.165, 1.54) is 0 Å². The predicted molar refractivity (Wildman–Crippen MR) is 61.8 cm³/mol. The van der Waals surface area contributed by atoms with Crippen molar-refractivity contribution in [1.29, 1.82) is 0 Å². The Morgan fingerprint density at radius 3 is 2.94 bits per heavy atom. The Hall–Kier alpha value is -1.84. The van der Waals surface area contributed by atoms with E-state index < -0.39 is 0 Å². The van der Waals surface area contributed by atoms with Gasteiger partial charge in [-0.15, -0.1) is 0 Å². The minimum absolute atomic E-state index is 0.00340. The highest BCUT2D eigenvalue weighted by molar-refractivity contribution is 5.88. The van der Waals surface area contributed by atoms with Crippen LogP contribution in [-0.4, -0.2) is 31.8 Å². The molecule has 2 rings (SSSR count). The molecular formula is C12H14N2O2. The van der Waals surface area contributed by atoms with Crippen LogP contribution in [0.4, 0.5) is 5.69 Å². The number of aryl methyl sites for hydroxylation is 1. The Kier molecular flexibility index (Phi) is 2.90. The summed E-state index contributed by atoms with van der Waals surface area (Å²) in [7, 11) is 0. The smallest absolute Gasteiger partial charge is 0.239 e. The highest BCUT2D eigenvalue weighted by atomic mass is 16.2. The van der Waals surface area contributed by atoms with Gasteiger partial charge in [-0.2, -0.15) is 0 Å². The molecule has 0 unspecified atom stereocenters. The molecule has 4 heteroatoms. The number of hydrogen-bond acceptors (Lipinski definition) is 3. The first-order valence-electron chi connectivity index (χ1n) is 5.28. The van der Waals surface area contributed by atoms with E-state index in [0.29, 0.717) is 18.7 Å². The van der Waals surface area contributed by atoms with Crippen molar-refractivity contribution in [3.63, 3.8) is 0 Å². The molecule has 1 aliphatic heterocycles. The number of carbonyl (C=O) groups excluding carboxylic acids is 2. The molecule has 1 aromatic rings. The Balaban J connectivity index is 2.31. The van der Waals surface area contributed by atoms with Gasteiger partial charge in [0.25, 0.3) is 0 Å². The maximum absolute atomic E-state index is 11.3. The van der Waals surface area contributed by atoms with E-state index >= 15 is 0 Å². The molecule has 1 aliphatic rings. The lowest BCUT2D eigenvalue weighted by atomic mass is 10.1. The fraction of sp³-hybridized carbons (Fsp3) is 0.333. The lowest BCUT2D eigenvalue weighted by molar-refractivity contribution is -0.120. The van der Waals surface area contributed by atoms with Crippen LogP contribution in [0.3, 0.4) is 0 Å². The van der Waals surface area contributed by atoms with Crippen LogP contribution in [0.25, 0.3) is 0 Å². The molecule has 0 radical (unpaired) electrons. The number of hydrogen-bond donors (Lipinski definition) is 1. The predicted octanol–water partition coefficient (Wildman–Crippen LogP) is 0.744. The van der Waals surface area contributed by atoms with Crippen LogP contribution in [0.15, 0.2) is 18.2 Å². The van der Waals surface area contributed by atoms with Gasteiger partial charge in [-0.3, -0.25) is 9.59 Å². The molecule has 0 aromatic heterocycles. The largest absolute Gasteiger partial charge is 0.360 e. The number of carbonyl (C=O) groups is 2. The first-order valence-corrected chi connectivity index (χ1v) is 5.28. The van der Waals surface area contributed by atoms with Crippen LogP contribution < -0.4 is 10.2 Å². The van der Waals surface area contributed by atoms with Crippen LogP contribution in [-0.2, 0) is 4.79 Å². The summed E-state index contributed by atoms with van der Waals surface area (Å²) in [5.74, 6) is 0.00340. The molecule has 0 atom stereocenters. The van der Waals surface area contributed by atoms with E-state index in [4.69, 9.17) is 0 Å². The van der Waals surface area contributed by atoms with Gasteiger partial charge in [-0.05, 0) is 19.1 Å². The molecule has 0 spiro atoms. The molecule has 1 fully saturated rings. The SMILES string of the molecule is Cc1ccc(N2CCNC(=O)C2)c(C=O)c1. The van der Waals surface area contributed by atoms with Crippen LogP contribution in [0.5, 0.6) is 0 Å². The molecule has 84 valence electrons. The van der Waals surface area contributed by atoms with Gasteiger partial charge in [0.05, 0.1) is 6.54 Å². The zero-order valence-electron chi connectivity index (χ0n) is 9.19. The average Bonchev–Trinajstić information content (AvgIpc) is 2.28. The minimum Gasteiger partial charge on any atom is -0.360 e. The van der Waals surface area contributed by atoms with E-state index in [0.717, 1.165) is 24.1 Å². The number of rotatable bonds is 2. The van der Waals surface area contributed by atoms with Crippen molar-refractivity contribution < 1.29 is 9.59 Å². The normalized spacial score (nSPS) is 15.8. The molecule has 16 heavy (non-hydrogen) atoms. The number of anilines is 1. The van der Waals surface area contributed by atoms with Gasteiger partial charge in [0.2, 0.25) is 5.91 Å². The summed E-state index contributed by atoms with van der Waals surface area (Å²) in [6.45, 7) is 3.64. The van der Waals surface area contributed by atoms with E-state index in [9.17, 15) is 9.59 Å². The van der Waals surface area contributed by atoms with Gasteiger partial charge in [0, 0.05) is 24.3 Å². The number of aldehydes is 1. The first-order chi connectivity index (χ1) is 7.70. The molecule has 1 aromatic carbocycles. The fourth-order valence-corrected chi connectivity index (χ4v) is 1.90. The molecule has 0 saturated carbocycles. The number of benzene rings is 1. The van der Waals surface area contributed by atoms with Gasteiger partial charge in [-0.1, -0.05) is 11.6 Å². The third-order valence-corrected chi connectivity index (χ3v) is 2.69. The molecule has 4 nitrogen and oxygen atoms in total. The van der Waals surface area contributed by atoms with Gasteiger partial charge in [-0.25, -0.2) is 0 Å². The molecule has 1 amide bonds. The molecule has 1 N–H and O–H groups in total. The van der Waals surface area contributed by atoms with Crippen LogP contribution in [0, 0.1) is 6.92 Å².